The average molecular weight is 283 g/mol. The Morgan fingerprint density at radius 1 is 1.30 bits per heavy atom. The fraction of sp³-hybridized carbons (Fsp3) is 0.867. The Hall–Kier alpha value is -1.26. The number of nitrogens with zero attached hydrogens (tertiary/aromatic N) is 1. The summed E-state index contributed by atoms with van der Waals surface area (Å²) in [6.07, 6.45) is 3.53. The second-order valence-electron chi connectivity index (χ2n) is 7.32. The van der Waals surface area contributed by atoms with Crippen LogP contribution in [0.4, 0.5) is 4.79 Å². The topological polar surface area (TPSA) is 66.8 Å². The maximum absolute atomic E-state index is 12.3. The third kappa shape index (κ3) is 2.63. The van der Waals surface area contributed by atoms with Gasteiger partial charge < -0.3 is 9.84 Å². The van der Waals surface area contributed by atoms with Crippen molar-refractivity contribution in [1.29, 1.82) is 0 Å². The molecule has 1 amide bonds. The van der Waals surface area contributed by atoms with Crippen LogP contribution < -0.4 is 0 Å². The summed E-state index contributed by atoms with van der Waals surface area (Å²) in [4.78, 5) is 25.4. The summed E-state index contributed by atoms with van der Waals surface area (Å²) in [5, 5.41) is 9.59. The Morgan fingerprint density at radius 3 is 2.50 bits per heavy atom. The van der Waals surface area contributed by atoms with Gasteiger partial charge in [-0.05, 0) is 39.5 Å². The molecule has 5 nitrogen and oxygen atoms in total. The van der Waals surface area contributed by atoms with Crippen LogP contribution >= 0.6 is 0 Å². The van der Waals surface area contributed by atoms with Gasteiger partial charge in [-0.1, -0.05) is 19.8 Å². The molecule has 2 fully saturated rings. The molecular formula is C15H25NO4. The van der Waals surface area contributed by atoms with E-state index in [4.69, 9.17) is 4.74 Å². The van der Waals surface area contributed by atoms with E-state index in [0.717, 1.165) is 25.7 Å². The molecule has 5 heteroatoms. The van der Waals surface area contributed by atoms with Gasteiger partial charge in [-0.2, -0.15) is 0 Å². The minimum Gasteiger partial charge on any atom is -0.480 e. The maximum atomic E-state index is 12.3. The predicted molar refractivity (Wildman–Crippen MR) is 74.4 cm³/mol. The molecule has 1 heterocycles. The molecule has 3 atom stereocenters. The zero-order valence-corrected chi connectivity index (χ0v) is 12.8. The highest BCUT2D eigenvalue weighted by molar-refractivity contribution is 5.82. The second-order valence-corrected chi connectivity index (χ2v) is 7.32. The molecule has 0 aromatic heterocycles. The van der Waals surface area contributed by atoms with Crippen LogP contribution in [0.3, 0.4) is 0 Å². The lowest BCUT2D eigenvalue weighted by Gasteiger charge is -2.38. The van der Waals surface area contributed by atoms with E-state index in [-0.39, 0.29) is 11.3 Å². The molecule has 0 radical (unpaired) electrons. The Kier molecular flexibility index (Phi) is 3.73. The lowest BCUT2D eigenvalue weighted by molar-refractivity contribution is -0.146. The van der Waals surface area contributed by atoms with E-state index in [1.165, 1.54) is 4.90 Å². The summed E-state index contributed by atoms with van der Waals surface area (Å²) in [6, 6.07) is -0.761. The number of amides is 1. The van der Waals surface area contributed by atoms with Crippen LogP contribution in [0.1, 0.15) is 53.4 Å². The lowest BCUT2D eigenvalue weighted by atomic mass is 9.66. The van der Waals surface area contributed by atoms with Crippen molar-refractivity contribution < 1.29 is 19.4 Å². The van der Waals surface area contributed by atoms with E-state index in [1.807, 2.05) is 6.92 Å². The van der Waals surface area contributed by atoms with Gasteiger partial charge in [-0.3, -0.25) is 4.90 Å². The smallest absolute Gasteiger partial charge is 0.411 e. The zero-order valence-electron chi connectivity index (χ0n) is 12.8. The Balaban J connectivity index is 2.25. The normalized spacial score (nSPS) is 33.7. The SMILES string of the molecule is CC(C)(C)OC(=O)N1CC2CCCCC2(C)C1C(=O)O. The van der Waals surface area contributed by atoms with Crippen molar-refractivity contribution in [2.24, 2.45) is 11.3 Å². The summed E-state index contributed by atoms with van der Waals surface area (Å²) >= 11 is 0. The molecule has 1 saturated carbocycles. The van der Waals surface area contributed by atoms with Gasteiger partial charge in [0.1, 0.15) is 11.6 Å². The molecule has 1 aliphatic carbocycles. The molecule has 0 aromatic rings. The molecule has 0 spiro atoms. The summed E-state index contributed by atoms with van der Waals surface area (Å²) in [7, 11) is 0. The van der Waals surface area contributed by atoms with E-state index in [2.05, 4.69) is 0 Å². The van der Waals surface area contributed by atoms with Crippen molar-refractivity contribution in [3.8, 4) is 0 Å². The van der Waals surface area contributed by atoms with E-state index in [1.54, 1.807) is 20.8 Å². The van der Waals surface area contributed by atoms with Crippen LogP contribution in [0.5, 0.6) is 0 Å². The van der Waals surface area contributed by atoms with Crippen LogP contribution in [-0.2, 0) is 9.53 Å². The van der Waals surface area contributed by atoms with Gasteiger partial charge in [0.05, 0.1) is 0 Å². The predicted octanol–water partition coefficient (Wildman–Crippen LogP) is 2.89. The molecule has 1 N–H and O–H groups in total. The molecule has 2 aliphatic rings. The Bertz CT molecular complexity index is 415. The Morgan fingerprint density at radius 2 is 1.95 bits per heavy atom. The summed E-state index contributed by atoms with van der Waals surface area (Å²) in [6.45, 7) is 7.91. The molecule has 1 aliphatic heterocycles. The fourth-order valence-electron chi connectivity index (χ4n) is 3.71. The molecule has 3 unspecified atom stereocenters. The number of aliphatic carboxylic acids is 1. The monoisotopic (exact) mass is 283 g/mol. The largest absolute Gasteiger partial charge is 0.480 e. The first kappa shape index (κ1) is 15.1. The van der Waals surface area contributed by atoms with E-state index >= 15 is 0 Å². The minimum absolute atomic E-state index is 0.268. The standard InChI is InChI=1S/C15H25NO4/c1-14(2,3)20-13(19)16-9-10-7-5-6-8-15(10,4)11(16)12(17)18/h10-11H,5-9H2,1-4H3,(H,17,18). The third-order valence-electron chi connectivity index (χ3n) is 4.67. The number of hydrogen-bond donors (Lipinski definition) is 1. The highest BCUT2D eigenvalue weighted by atomic mass is 16.6. The molecule has 2 rings (SSSR count). The highest BCUT2D eigenvalue weighted by Gasteiger charge is 2.57. The maximum Gasteiger partial charge on any atom is 0.411 e. The molecule has 1 saturated heterocycles. The van der Waals surface area contributed by atoms with Crippen molar-refractivity contribution in [3.63, 3.8) is 0 Å². The van der Waals surface area contributed by atoms with Gasteiger partial charge in [0.25, 0.3) is 0 Å². The fourth-order valence-corrected chi connectivity index (χ4v) is 3.71. The first-order valence-electron chi connectivity index (χ1n) is 7.37. The van der Waals surface area contributed by atoms with Gasteiger partial charge >= 0.3 is 12.1 Å². The Labute approximate surface area is 120 Å². The number of fused-ring (bicyclic) bond motifs is 1. The van der Waals surface area contributed by atoms with Crippen LogP contribution in [0.2, 0.25) is 0 Å². The molecule has 114 valence electrons. The molecular weight excluding hydrogens is 258 g/mol. The van der Waals surface area contributed by atoms with E-state index in [9.17, 15) is 14.7 Å². The van der Waals surface area contributed by atoms with Gasteiger partial charge in [-0.25, -0.2) is 9.59 Å². The number of carbonyl (C=O) groups is 2. The van der Waals surface area contributed by atoms with Gasteiger partial charge in [0, 0.05) is 12.0 Å². The summed E-state index contributed by atoms with van der Waals surface area (Å²) in [5.41, 5.74) is -0.921. The van der Waals surface area contributed by atoms with Crippen LogP contribution in [0.25, 0.3) is 0 Å². The summed E-state index contributed by atoms with van der Waals surface area (Å²) < 4.78 is 5.38. The summed E-state index contributed by atoms with van der Waals surface area (Å²) in [5.74, 6) is -0.646. The first-order chi connectivity index (χ1) is 9.15. The second kappa shape index (κ2) is 4.93. The van der Waals surface area contributed by atoms with Crippen LogP contribution in [0.15, 0.2) is 0 Å². The lowest BCUT2D eigenvalue weighted by Crippen LogP contribution is -2.49. The quantitative estimate of drug-likeness (QED) is 0.803. The number of ether oxygens (including phenoxy) is 1. The average Bonchev–Trinajstić information content (AvgIpc) is 2.59. The number of carboxylic acid groups (broad SMARTS) is 1. The first-order valence-corrected chi connectivity index (χ1v) is 7.37. The number of hydrogen-bond acceptors (Lipinski definition) is 3. The van der Waals surface area contributed by atoms with Crippen molar-refractivity contribution in [2.75, 3.05) is 6.54 Å². The molecule has 0 bridgehead atoms. The van der Waals surface area contributed by atoms with Crippen molar-refractivity contribution >= 4 is 12.1 Å². The molecule has 20 heavy (non-hydrogen) atoms. The minimum atomic E-state index is -0.914. The van der Waals surface area contributed by atoms with E-state index < -0.39 is 23.7 Å². The van der Waals surface area contributed by atoms with Crippen LogP contribution in [0, 0.1) is 11.3 Å². The van der Waals surface area contributed by atoms with Crippen LogP contribution in [-0.4, -0.2) is 40.3 Å². The van der Waals surface area contributed by atoms with E-state index in [0.29, 0.717) is 6.54 Å². The number of carbonyl (C=O) groups excluding carboxylic acids is 1. The van der Waals surface area contributed by atoms with Gasteiger partial charge in [0.2, 0.25) is 0 Å². The third-order valence-corrected chi connectivity index (χ3v) is 4.67. The zero-order chi connectivity index (χ0) is 15.1. The van der Waals surface area contributed by atoms with Gasteiger partial charge in [0.15, 0.2) is 0 Å². The van der Waals surface area contributed by atoms with Crippen molar-refractivity contribution in [1.82, 2.24) is 4.90 Å². The van der Waals surface area contributed by atoms with Gasteiger partial charge in [-0.15, -0.1) is 0 Å². The number of carboxylic acids is 1. The number of rotatable bonds is 1. The number of likely N-dealkylation sites (tertiary alicyclic amines) is 1. The van der Waals surface area contributed by atoms with Crippen molar-refractivity contribution in [3.05, 3.63) is 0 Å². The molecule has 0 aromatic carbocycles. The highest BCUT2D eigenvalue weighted by Crippen LogP contribution is 2.50. The van der Waals surface area contributed by atoms with Crippen molar-refractivity contribution in [2.45, 2.75) is 65.0 Å².